The van der Waals surface area contributed by atoms with E-state index < -0.39 is 0 Å². The first-order valence-corrected chi connectivity index (χ1v) is 7.60. The predicted molar refractivity (Wildman–Crippen MR) is 86.6 cm³/mol. The van der Waals surface area contributed by atoms with Crippen LogP contribution < -0.4 is 5.73 Å². The number of nitrogens with zero attached hydrogens (tertiary/aromatic N) is 2. The Morgan fingerprint density at radius 3 is 2.60 bits per heavy atom. The molecule has 5 heteroatoms. The number of hydrogen-bond acceptors (Lipinski definition) is 3. The van der Waals surface area contributed by atoms with Crippen molar-refractivity contribution in [3.05, 3.63) is 40.4 Å². The summed E-state index contributed by atoms with van der Waals surface area (Å²) in [6.45, 7) is 6.60. The lowest BCUT2D eigenvalue weighted by Crippen LogP contribution is -2.07. The van der Waals surface area contributed by atoms with Crippen LogP contribution >= 0.6 is 22.9 Å². The van der Waals surface area contributed by atoms with E-state index in [0.717, 1.165) is 10.6 Å². The minimum absolute atomic E-state index is 0.133. The van der Waals surface area contributed by atoms with Crippen LogP contribution in [0.4, 0.5) is 5.82 Å². The van der Waals surface area contributed by atoms with Gasteiger partial charge in [-0.2, -0.15) is 0 Å². The molecule has 104 valence electrons. The topological polar surface area (TPSA) is 43.3 Å². The number of hydrogen-bond donors (Lipinski definition) is 1. The van der Waals surface area contributed by atoms with E-state index in [9.17, 15) is 0 Å². The normalized spacial score (nSPS) is 12.2. The van der Waals surface area contributed by atoms with Crippen molar-refractivity contribution in [2.45, 2.75) is 26.2 Å². The highest BCUT2D eigenvalue weighted by atomic mass is 35.5. The number of aromatic nitrogens is 2. The minimum Gasteiger partial charge on any atom is -0.383 e. The molecule has 0 amide bonds. The van der Waals surface area contributed by atoms with E-state index in [1.165, 1.54) is 4.88 Å². The van der Waals surface area contributed by atoms with Crippen molar-refractivity contribution < 1.29 is 0 Å². The Morgan fingerprint density at radius 2 is 2.00 bits per heavy atom. The quantitative estimate of drug-likeness (QED) is 0.714. The van der Waals surface area contributed by atoms with Gasteiger partial charge in [0.15, 0.2) is 5.65 Å². The highest BCUT2D eigenvalue weighted by Crippen LogP contribution is 2.37. The standard InChI is InChI=1S/C15H16ClN3S/c1-15(2,3)11-7-6-10(20-11)12-13(17)19-8-4-5-9(16)14(19)18-12/h4-8H,17H2,1-3H3. The Balaban J connectivity index is 2.18. The summed E-state index contributed by atoms with van der Waals surface area (Å²) in [7, 11) is 0. The maximum Gasteiger partial charge on any atom is 0.158 e. The second-order valence-corrected chi connectivity index (χ2v) is 7.30. The maximum atomic E-state index is 6.21. The fraction of sp³-hybridized carbons (Fsp3) is 0.267. The first kappa shape index (κ1) is 13.5. The van der Waals surface area contributed by atoms with E-state index in [1.807, 2.05) is 22.7 Å². The number of rotatable bonds is 1. The van der Waals surface area contributed by atoms with Crippen LogP contribution in [0.25, 0.3) is 16.2 Å². The molecule has 3 nitrogen and oxygen atoms in total. The van der Waals surface area contributed by atoms with Gasteiger partial charge in [0.1, 0.15) is 11.5 Å². The van der Waals surface area contributed by atoms with Gasteiger partial charge >= 0.3 is 0 Å². The summed E-state index contributed by atoms with van der Waals surface area (Å²) in [4.78, 5) is 6.98. The van der Waals surface area contributed by atoms with Crippen LogP contribution in [0.3, 0.4) is 0 Å². The first-order chi connectivity index (χ1) is 9.38. The Hall–Kier alpha value is -1.52. The average Bonchev–Trinajstić information content (AvgIpc) is 2.95. The molecule has 0 fully saturated rings. The maximum absolute atomic E-state index is 6.21. The first-order valence-electron chi connectivity index (χ1n) is 6.40. The van der Waals surface area contributed by atoms with Crippen molar-refractivity contribution in [1.82, 2.24) is 9.38 Å². The van der Waals surface area contributed by atoms with Gasteiger partial charge in [0.2, 0.25) is 0 Å². The average molecular weight is 306 g/mol. The SMILES string of the molecule is CC(C)(C)c1ccc(-c2nc3c(Cl)cccn3c2N)s1. The molecule has 0 aromatic carbocycles. The van der Waals surface area contributed by atoms with Crippen molar-refractivity contribution in [2.24, 2.45) is 0 Å². The summed E-state index contributed by atoms with van der Waals surface area (Å²) in [6.07, 6.45) is 1.88. The van der Waals surface area contributed by atoms with Crippen molar-refractivity contribution >= 4 is 34.4 Å². The zero-order valence-corrected chi connectivity index (χ0v) is 13.2. The summed E-state index contributed by atoms with van der Waals surface area (Å²) in [6, 6.07) is 7.91. The van der Waals surface area contributed by atoms with Crippen molar-refractivity contribution in [3.63, 3.8) is 0 Å². The van der Waals surface area contributed by atoms with E-state index in [2.05, 4.69) is 37.9 Å². The van der Waals surface area contributed by atoms with E-state index in [1.54, 1.807) is 11.3 Å². The summed E-state index contributed by atoms with van der Waals surface area (Å²) < 4.78 is 1.83. The Bertz CT molecular complexity index is 780. The highest BCUT2D eigenvalue weighted by Gasteiger charge is 2.19. The lowest BCUT2D eigenvalue weighted by Gasteiger charge is -2.15. The van der Waals surface area contributed by atoms with Gasteiger partial charge in [0.05, 0.1) is 9.90 Å². The number of imidazole rings is 1. The fourth-order valence-corrected chi connectivity index (χ4v) is 3.37. The monoisotopic (exact) mass is 305 g/mol. The van der Waals surface area contributed by atoms with Gasteiger partial charge in [0, 0.05) is 11.1 Å². The predicted octanol–water partition coefficient (Wildman–Crippen LogP) is 4.60. The summed E-state index contributed by atoms with van der Waals surface area (Å²) in [5.41, 5.74) is 7.85. The Morgan fingerprint density at radius 1 is 1.25 bits per heavy atom. The minimum atomic E-state index is 0.133. The van der Waals surface area contributed by atoms with Gasteiger partial charge < -0.3 is 5.73 Å². The van der Waals surface area contributed by atoms with Gasteiger partial charge in [-0.3, -0.25) is 4.40 Å². The number of fused-ring (bicyclic) bond motifs is 1. The number of anilines is 1. The zero-order chi connectivity index (χ0) is 14.5. The number of thiophene rings is 1. The molecule has 0 aliphatic heterocycles. The zero-order valence-electron chi connectivity index (χ0n) is 11.6. The van der Waals surface area contributed by atoms with Gasteiger partial charge in [-0.25, -0.2) is 4.98 Å². The number of nitrogen functional groups attached to an aromatic ring is 1. The smallest absolute Gasteiger partial charge is 0.158 e. The van der Waals surface area contributed by atoms with Crippen molar-refractivity contribution in [1.29, 1.82) is 0 Å². The molecule has 0 spiro atoms. The summed E-state index contributed by atoms with van der Waals surface area (Å²) >= 11 is 7.90. The molecule has 0 bridgehead atoms. The molecular formula is C15H16ClN3S. The molecular weight excluding hydrogens is 290 g/mol. The molecule has 3 rings (SSSR count). The van der Waals surface area contributed by atoms with Crippen LogP contribution in [0.5, 0.6) is 0 Å². The molecule has 3 heterocycles. The Kier molecular flexibility index (Phi) is 3.03. The van der Waals surface area contributed by atoms with Gasteiger partial charge in [-0.05, 0) is 29.7 Å². The molecule has 3 aromatic heterocycles. The lowest BCUT2D eigenvalue weighted by molar-refractivity contribution is 0.604. The molecule has 0 aliphatic carbocycles. The van der Waals surface area contributed by atoms with Crippen LogP contribution in [-0.2, 0) is 5.41 Å². The third-order valence-corrected chi connectivity index (χ3v) is 5.03. The summed E-state index contributed by atoms with van der Waals surface area (Å²) in [5, 5.41) is 0.609. The van der Waals surface area contributed by atoms with Crippen LogP contribution in [0, 0.1) is 0 Å². The van der Waals surface area contributed by atoms with Crippen LogP contribution in [0.2, 0.25) is 5.02 Å². The highest BCUT2D eigenvalue weighted by molar-refractivity contribution is 7.15. The van der Waals surface area contributed by atoms with E-state index in [-0.39, 0.29) is 5.41 Å². The fourth-order valence-electron chi connectivity index (χ4n) is 2.10. The van der Waals surface area contributed by atoms with Crippen molar-refractivity contribution in [3.8, 4) is 10.6 Å². The second kappa shape index (κ2) is 4.50. The summed E-state index contributed by atoms with van der Waals surface area (Å²) in [5.74, 6) is 0.629. The van der Waals surface area contributed by atoms with E-state index >= 15 is 0 Å². The molecule has 20 heavy (non-hydrogen) atoms. The van der Waals surface area contributed by atoms with Crippen LogP contribution in [0.15, 0.2) is 30.5 Å². The van der Waals surface area contributed by atoms with Crippen LogP contribution in [-0.4, -0.2) is 9.38 Å². The number of nitrogens with two attached hydrogens (primary N) is 1. The molecule has 2 N–H and O–H groups in total. The van der Waals surface area contributed by atoms with E-state index in [0.29, 0.717) is 16.5 Å². The third-order valence-electron chi connectivity index (χ3n) is 3.22. The van der Waals surface area contributed by atoms with Gasteiger partial charge in [-0.15, -0.1) is 11.3 Å². The third kappa shape index (κ3) is 2.09. The molecule has 0 unspecified atom stereocenters. The molecule has 0 saturated carbocycles. The van der Waals surface area contributed by atoms with E-state index in [4.69, 9.17) is 17.3 Å². The molecule has 0 saturated heterocycles. The second-order valence-electron chi connectivity index (χ2n) is 5.81. The molecule has 3 aromatic rings. The Labute approximate surface area is 127 Å². The van der Waals surface area contributed by atoms with Crippen molar-refractivity contribution in [2.75, 3.05) is 5.73 Å². The number of halogens is 1. The molecule has 0 radical (unpaired) electrons. The van der Waals surface area contributed by atoms with Crippen LogP contribution in [0.1, 0.15) is 25.6 Å². The lowest BCUT2D eigenvalue weighted by atomic mass is 9.95. The molecule has 0 atom stereocenters. The van der Waals surface area contributed by atoms with Gasteiger partial charge in [-0.1, -0.05) is 32.4 Å². The molecule has 0 aliphatic rings. The largest absolute Gasteiger partial charge is 0.383 e. The number of pyridine rings is 1. The van der Waals surface area contributed by atoms with Gasteiger partial charge in [0.25, 0.3) is 0 Å².